The molecular weight excluding hydrogens is 398 g/mol. The Labute approximate surface area is 181 Å². The molecule has 2 aromatic rings. The van der Waals surface area contributed by atoms with Crippen LogP contribution in [0.2, 0.25) is 0 Å². The van der Waals surface area contributed by atoms with E-state index in [9.17, 15) is 14.4 Å². The van der Waals surface area contributed by atoms with Gasteiger partial charge in [0, 0.05) is 6.54 Å². The van der Waals surface area contributed by atoms with Crippen LogP contribution in [0.4, 0.5) is 11.4 Å². The first kappa shape index (κ1) is 22.1. The highest BCUT2D eigenvalue weighted by Gasteiger charge is 2.31. The molecule has 0 saturated carbocycles. The molecule has 8 heteroatoms. The highest BCUT2D eigenvalue weighted by molar-refractivity contribution is 6.02. The molecule has 0 saturated heterocycles. The van der Waals surface area contributed by atoms with Gasteiger partial charge in [-0.2, -0.15) is 0 Å². The Morgan fingerprint density at radius 2 is 1.84 bits per heavy atom. The van der Waals surface area contributed by atoms with E-state index in [1.54, 1.807) is 42.2 Å². The zero-order chi connectivity index (χ0) is 22.2. The summed E-state index contributed by atoms with van der Waals surface area (Å²) in [6, 6.07) is 14.0. The molecule has 8 nitrogen and oxygen atoms in total. The minimum absolute atomic E-state index is 0.00487. The number of carbonyl (C=O) groups excluding carboxylic acids is 3. The molecular formula is C23H27N3O5. The number of rotatable bonds is 8. The van der Waals surface area contributed by atoms with Gasteiger partial charge >= 0.3 is 5.97 Å². The topological polar surface area (TPSA) is 97.0 Å². The molecule has 1 heterocycles. The molecule has 2 aromatic carbocycles. The fourth-order valence-corrected chi connectivity index (χ4v) is 3.30. The number of esters is 1. The second-order valence-electron chi connectivity index (χ2n) is 7.06. The van der Waals surface area contributed by atoms with Gasteiger partial charge in [-0.3, -0.25) is 9.59 Å². The number of fused-ring (bicyclic) bond motifs is 1. The number of carbonyl (C=O) groups is 3. The van der Waals surface area contributed by atoms with Gasteiger partial charge in [0.1, 0.15) is 5.75 Å². The van der Waals surface area contributed by atoms with Crippen LogP contribution >= 0.6 is 0 Å². The van der Waals surface area contributed by atoms with E-state index in [0.717, 1.165) is 12.1 Å². The Kier molecular flexibility index (Phi) is 7.48. The summed E-state index contributed by atoms with van der Waals surface area (Å²) < 4.78 is 10.9. The lowest BCUT2D eigenvalue weighted by Gasteiger charge is -2.35. The second-order valence-corrected chi connectivity index (χ2v) is 7.06. The number of benzene rings is 2. The predicted molar refractivity (Wildman–Crippen MR) is 117 cm³/mol. The third-order valence-electron chi connectivity index (χ3n) is 4.73. The Morgan fingerprint density at radius 3 is 2.61 bits per heavy atom. The summed E-state index contributed by atoms with van der Waals surface area (Å²) in [6.45, 7) is 4.73. The monoisotopic (exact) mass is 425 g/mol. The maximum Gasteiger partial charge on any atom is 0.340 e. The molecule has 0 aliphatic carbocycles. The molecule has 0 radical (unpaired) electrons. The van der Waals surface area contributed by atoms with E-state index < -0.39 is 12.1 Å². The number of hydrogen-bond donors (Lipinski definition) is 2. The number of anilines is 2. The number of para-hydroxylation sites is 3. The van der Waals surface area contributed by atoms with Crippen molar-refractivity contribution >= 4 is 29.2 Å². The van der Waals surface area contributed by atoms with E-state index in [1.165, 1.54) is 0 Å². The van der Waals surface area contributed by atoms with Crippen molar-refractivity contribution in [2.75, 3.05) is 36.5 Å². The zero-order valence-electron chi connectivity index (χ0n) is 17.7. The van der Waals surface area contributed by atoms with Crippen molar-refractivity contribution in [1.29, 1.82) is 0 Å². The van der Waals surface area contributed by atoms with Gasteiger partial charge in [0.05, 0.1) is 36.6 Å². The molecule has 0 spiro atoms. The Balaban J connectivity index is 1.74. The number of amides is 2. The van der Waals surface area contributed by atoms with Crippen LogP contribution in [0.15, 0.2) is 48.5 Å². The summed E-state index contributed by atoms with van der Waals surface area (Å²) in [7, 11) is 0. The molecule has 3 rings (SSSR count). The largest absolute Gasteiger partial charge is 0.477 e. The molecule has 1 aliphatic heterocycles. The molecule has 1 aliphatic rings. The summed E-state index contributed by atoms with van der Waals surface area (Å²) in [5.74, 6) is -0.483. The van der Waals surface area contributed by atoms with Crippen molar-refractivity contribution in [1.82, 2.24) is 5.32 Å². The predicted octanol–water partition coefficient (Wildman–Crippen LogP) is 2.60. The Bertz CT molecular complexity index is 946. The summed E-state index contributed by atoms with van der Waals surface area (Å²) in [5.41, 5.74) is 1.40. The van der Waals surface area contributed by atoms with Crippen LogP contribution in [0.3, 0.4) is 0 Å². The molecule has 0 fully saturated rings. The van der Waals surface area contributed by atoms with Gasteiger partial charge in [-0.15, -0.1) is 0 Å². The lowest BCUT2D eigenvalue weighted by atomic mass is 10.1. The molecule has 31 heavy (non-hydrogen) atoms. The van der Waals surface area contributed by atoms with Crippen molar-refractivity contribution in [3.63, 3.8) is 0 Å². The number of nitrogens with zero attached hydrogens (tertiary/aromatic N) is 1. The third kappa shape index (κ3) is 5.53. The van der Waals surface area contributed by atoms with Gasteiger partial charge in [-0.1, -0.05) is 31.2 Å². The quantitative estimate of drug-likeness (QED) is 0.631. The highest BCUT2D eigenvalue weighted by atomic mass is 16.5. The van der Waals surface area contributed by atoms with Gasteiger partial charge in [-0.05, 0) is 37.6 Å². The van der Waals surface area contributed by atoms with Gasteiger partial charge in [0.15, 0.2) is 6.10 Å². The highest BCUT2D eigenvalue weighted by Crippen LogP contribution is 2.33. The fraction of sp³-hybridized carbons (Fsp3) is 0.348. The van der Waals surface area contributed by atoms with E-state index >= 15 is 0 Å². The van der Waals surface area contributed by atoms with Crippen LogP contribution in [-0.4, -0.2) is 50.1 Å². The smallest absolute Gasteiger partial charge is 0.340 e. The van der Waals surface area contributed by atoms with Crippen LogP contribution in [0.25, 0.3) is 0 Å². The summed E-state index contributed by atoms with van der Waals surface area (Å²) in [6.07, 6.45) is 0.0992. The maximum atomic E-state index is 12.8. The first-order valence-corrected chi connectivity index (χ1v) is 10.4. The van der Waals surface area contributed by atoms with Crippen LogP contribution in [0.5, 0.6) is 5.75 Å². The summed E-state index contributed by atoms with van der Waals surface area (Å²) in [5, 5.41) is 5.62. The minimum atomic E-state index is -0.721. The van der Waals surface area contributed by atoms with Crippen molar-refractivity contribution < 1.29 is 23.9 Å². The molecule has 1 atom stereocenters. The summed E-state index contributed by atoms with van der Waals surface area (Å²) >= 11 is 0. The standard InChI is InChI=1S/C23H27N3O5/c1-3-13-24-22(28)20-14-26(18-11-7-8-12-19(18)31-20)15-21(27)25-17-10-6-5-9-16(17)23(29)30-4-2/h5-12,20H,3-4,13-15H2,1-2H3,(H,24,28)(H,25,27)/t20-/m1/s1. The van der Waals surface area contributed by atoms with Crippen molar-refractivity contribution in [3.8, 4) is 5.75 Å². The van der Waals surface area contributed by atoms with Crippen molar-refractivity contribution in [2.24, 2.45) is 0 Å². The maximum absolute atomic E-state index is 12.8. The Morgan fingerprint density at radius 1 is 1.10 bits per heavy atom. The van der Waals surface area contributed by atoms with Crippen molar-refractivity contribution in [3.05, 3.63) is 54.1 Å². The SMILES string of the molecule is CCCNC(=O)[C@H]1CN(CC(=O)Nc2ccccc2C(=O)OCC)c2ccccc2O1. The minimum Gasteiger partial charge on any atom is -0.477 e. The lowest BCUT2D eigenvalue weighted by molar-refractivity contribution is -0.128. The van der Waals surface area contributed by atoms with Crippen molar-refractivity contribution in [2.45, 2.75) is 26.4 Å². The van der Waals surface area contributed by atoms with Crippen LogP contribution in [0.1, 0.15) is 30.6 Å². The molecule has 0 aromatic heterocycles. The van der Waals surface area contributed by atoms with Gasteiger partial charge < -0.3 is 25.0 Å². The number of ether oxygens (including phenoxy) is 2. The average molecular weight is 425 g/mol. The molecule has 2 N–H and O–H groups in total. The normalized spacial score (nSPS) is 14.8. The van der Waals surface area contributed by atoms with Crippen LogP contribution < -0.4 is 20.3 Å². The molecule has 0 unspecified atom stereocenters. The number of hydrogen-bond acceptors (Lipinski definition) is 6. The van der Waals surface area contributed by atoms with E-state index in [-0.39, 0.29) is 37.1 Å². The Hall–Kier alpha value is -3.55. The van der Waals surface area contributed by atoms with Crippen LogP contribution in [0, 0.1) is 0 Å². The van der Waals surface area contributed by atoms with Gasteiger partial charge in [-0.25, -0.2) is 4.79 Å². The molecule has 164 valence electrons. The summed E-state index contributed by atoms with van der Waals surface area (Å²) in [4.78, 5) is 39.2. The average Bonchev–Trinajstić information content (AvgIpc) is 2.77. The molecule has 2 amide bonds. The number of nitrogens with one attached hydrogen (secondary N) is 2. The lowest BCUT2D eigenvalue weighted by Crippen LogP contribution is -2.50. The fourth-order valence-electron chi connectivity index (χ4n) is 3.30. The van der Waals surface area contributed by atoms with E-state index in [4.69, 9.17) is 9.47 Å². The second kappa shape index (κ2) is 10.5. The van der Waals surface area contributed by atoms with E-state index in [0.29, 0.717) is 18.0 Å². The first-order chi connectivity index (χ1) is 15.0. The van der Waals surface area contributed by atoms with Gasteiger partial charge in [0.2, 0.25) is 5.91 Å². The van der Waals surface area contributed by atoms with E-state index in [1.807, 2.05) is 25.1 Å². The molecule has 0 bridgehead atoms. The van der Waals surface area contributed by atoms with Crippen LogP contribution in [-0.2, 0) is 14.3 Å². The van der Waals surface area contributed by atoms with Gasteiger partial charge in [0.25, 0.3) is 5.91 Å². The van der Waals surface area contributed by atoms with E-state index in [2.05, 4.69) is 10.6 Å². The first-order valence-electron chi connectivity index (χ1n) is 10.4. The third-order valence-corrected chi connectivity index (χ3v) is 4.73. The zero-order valence-corrected chi connectivity index (χ0v) is 17.7.